The van der Waals surface area contributed by atoms with E-state index in [9.17, 15) is 14.0 Å². The summed E-state index contributed by atoms with van der Waals surface area (Å²) < 4.78 is 13.3. The highest BCUT2D eigenvalue weighted by atomic mass is 19.1. The number of nitrogens with one attached hydrogen (secondary N) is 1. The molecule has 0 fully saturated rings. The first-order valence-corrected chi connectivity index (χ1v) is 5.82. The minimum absolute atomic E-state index is 0.145. The predicted octanol–water partition coefficient (Wildman–Crippen LogP) is 1.60. The summed E-state index contributed by atoms with van der Waals surface area (Å²) >= 11 is 0. The van der Waals surface area contributed by atoms with Crippen LogP contribution >= 0.6 is 0 Å². The standard InChI is InChI=1S/C13H17FN2O2/c1-3-4-16(8-13(18)15-2)12-6-10(9-17)5-11(14)7-12/h5-7,9H,3-4,8H2,1-2H3,(H,15,18). The molecule has 1 rings (SSSR count). The Labute approximate surface area is 106 Å². The molecule has 0 aliphatic heterocycles. The van der Waals surface area contributed by atoms with Crippen LogP contribution in [0.15, 0.2) is 18.2 Å². The topological polar surface area (TPSA) is 49.4 Å². The minimum atomic E-state index is -0.479. The van der Waals surface area contributed by atoms with Gasteiger partial charge >= 0.3 is 0 Å². The van der Waals surface area contributed by atoms with Crippen molar-refractivity contribution in [1.29, 1.82) is 0 Å². The van der Waals surface area contributed by atoms with Crippen molar-refractivity contribution in [1.82, 2.24) is 5.32 Å². The Morgan fingerprint density at radius 1 is 1.44 bits per heavy atom. The number of amides is 1. The van der Waals surface area contributed by atoms with Crippen molar-refractivity contribution >= 4 is 17.9 Å². The lowest BCUT2D eigenvalue weighted by Crippen LogP contribution is -2.36. The minimum Gasteiger partial charge on any atom is -0.362 e. The van der Waals surface area contributed by atoms with E-state index in [0.29, 0.717) is 18.5 Å². The third-order valence-corrected chi connectivity index (χ3v) is 2.51. The van der Waals surface area contributed by atoms with Gasteiger partial charge in [-0.3, -0.25) is 9.59 Å². The molecule has 0 spiro atoms. The fourth-order valence-electron chi connectivity index (χ4n) is 1.67. The van der Waals surface area contributed by atoms with Crippen molar-refractivity contribution in [2.75, 3.05) is 25.0 Å². The molecular weight excluding hydrogens is 235 g/mol. The van der Waals surface area contributed by atoms with Crippen molar-refractivity contribution in [3.05, 3.63) is 29.6 Å². The first-order chi connectivity index (χ1) is 8.60. The molecule has 0 heterocycles. The maximum atomic E-state index is 13.3. The number of aldehydes is 1. The number of hydrogen-bond donors (Lipinski definition) is 1. The predicted molar refractivity (Wildman–Crippen MR) is 68.4 cm³/mol. The van der Waals surface area contributed by atoms with Gasteiger partial charge < -0.3 is 10.2 Å². The molecule has 0 aliphatic rings. The zero-order valence-electron chi connectivity index (χ0n) is 10.6. The number of anilines is 1. The maximum Gasteiger partial charge on any atom is 0.239 e. The van der Waals surface area contributed by atoms with Gasteiger partial charge in [0.05, 0.1) is 6.54 Å². The zero-order chi connectivity index (χ0) is 13.5. The Kier molecular flexibility index (Phi) is 5.30. The van der Waals surface area contributed by atoms with Gasteiger partial charge in [-0.15, -0.1) is 0 Å². The van der Waals surface area contributed by atoms with E-state index in [2.05, 4.69) is 5.32 Å². The smallest absolute Gasteiger partial charge is 0.239 e. The van der Waals surface area contributed by atoms with Gasteiger partial charge in [-0.1, -0.05) is 6.92 Å². The average molecular weight is 252 g/mol. The van der Waals surface area contributed by atoms with Crippen LogP contribution in [0.1, 0.15) is 23.7 Å². The van der Waals surface area contributed by atoms with Gasteiger partial charge in [0.15, 0.2) is 0 Å². The van der Waals surface area contributed by atoms with Crippen molar-refractivity contribution in [2.45, 2.75) is 13.3 Å². The summed E-state index contributed by atoms with van der Waals surface area (Å²) in [6.45, 7) is 2.73. The summed E-state index contributed by atoms with van der Waals surface area (Å²) in [5.41, 5.74) is 0.811. The van der Waals surface area contributed by atoms with Crippen molar-refractivity contribution in [3.8, 4) is 0 Å². The molecule has 1 N–H and O–H groups in total. The van der Waals surface area contributed by atoms with Gasteiger partial charge in [0, 0.05) is 24.8 Å². The summed E-state index contributed by atoms with van der Waals surface area (Å²) in [6.07, 6.45) is 1.42. The van der Waals surface area contributed by atoms with Gasteiger partial charge in [0.1, 0.15) is 12.1 Å². The average Bonchev–Trinajstić information content (AvgIpc) is 2.37. The molecule has 5 heteroatoms. The Morgan fingerprint density at radius 2 is 2.17 bits per heavy atom. The molecule has 4 nitrogen and oxygen atoms in total. The SMILES string of the molecule is CCCN(CC(=O)NC)c1cc(F)cc(C=O)c1. The van der Waals surface area contributed by atoms with Crippen LogP contribution in [0.4, 0.5) is 10.1 Å². The van der Waals surface area contributed by atoms with Crippen molar-refractivity contribution in [3.63, 3.8) is 0 Å². The van der Waals surface area contributed by atoms with Crippen LogP contribution < -0.4 is 10.2 Å². The van der Waals surface area contributed by atoms with Gasteiger partial charge in [-0.05, 0) is 24.6 Å². The number of nitrogens with zero attached hydrogens (tertiary/aromatic N) is 1. The second-order valence-electron chi connectivity index (χ2n) is 3.96. The summed E-state index contributed by atoms with van der Waals surface area (Å²) in [6, 6.07) is 4.07. The van der Waals surface area contributed by atoms with E-state index in [4.69, 9.17) is 0 Å². The van der Waals surface area contributed by atoms with E-state index >= 15 is 0 Å². The normalized spacial score (nSPS) is 9.94. The zero-order valence-corrected chi connectivity index (χ0v) is 10.6. The van der Waals surface area contributed by atoms with Crippen LogP contribution in [0.25, 0.3) is 0 Å². The Morgan fingerprint density at radius 3 is 2.72 bits per heavy atom. The molecule has 0 bridgehead atoms. The third kappa shape index (κ3) is 3.84. The van der Waals surface area contributed by atoms with Crippen LogP contribution in [0.2, 0.25) is 0 Å². The summed E-state index contributed by atoms with van der Waals surface area (Å²) in [4.78, 5) is 23.8. The van der Waals surface area contributed by atoms with Crippen molar-refractivity contribution < 1.29 is 14.0 Å². The molecule has 18 heavy (non-hydrogen) atoms. The van der Waals surface area contributed by atoms with Gasteiger partial charge in [0.25, 0.3) is 0 Å². The quantitative estimate of drug-likeness (QED) is 0.782. The monoisotopic (exact) mass is 252 g/mol. The lowest BCUT2D eigenvalue weighted by Gasteiger charge is -2.23. The summed E-state index contributed by atoms with van der Waals surface area (Å²) in [7, 11) is 1.55. The molecule has 1 aromatic carbocycles. The van der Waals surface area contributed by atoms with Crippen LogP contribution in [0.5, 0.6) is 0 Å². The fourth-order valence-corrected chi connectivity index (χ4v) is 1.67. The van der Waals surface area contributed by atoms with Crippen LogP contribution in [0.3, 0.4) is 0 Å². The molecule has 0 aromatic heterocycles. The summed E-state index contributed by atoms with van der Waals surface area (Å²) in [5, 5.41) is 2.52. The molecule has 1 aromatic rings. The van der Waals surface area contributed by atoms with Crippen LogP contribution in [-0.2, 0) is 4.79 Å². The first kappa shape index (κ1) is 14.2. The van der Waals surface area contributed by atoms with E-state index in [1.54, 1.807) is 18.0 Å². The number of likely N-dealkylation sites (N-methyl/N-ethyl adjacent to an activating group) is 1. The van der Waals surface area contributed by atoms with Crippen LogP contribution in [0, 0.1) is 5.82 Å². The van der Waals surface area contributed by atoms with Gasteiger partial charge in [-0.2, -0.15) is 0 Å². The lowest BCUT2D eigenvalue weighted by atomic mass is 10.2. The summed E-state index contributed by atoms with van der Waals surface area (Å²) in [5.74, 6) is -0.632. The number of rotatable bonds is 6. The van der Waals surface area contributed by atoms with Gasteiger partial charge in [0.2, 0.25) is 5.91 Å². The van der Waals surface area contributed by atoms with E-state index in [1.807, 2.05) is 6.92 Å². The highest BCUT2D eigenvalue weighted by Gasteiger charge is 2.11. The molecule has 0 saturated heterocycles. The van der Waals surface area contributed by atoms with Gasteiger partial charge in [-0.25, -0.2) is 4.39 Å². The Balaban J connectivity index is 3.00. The molecule has 0 aliphatic carbocycles. The number of benzene rings is 1. The molecule has 0 unspecified atom stereocenters. The third-order valence-electron chi connectivity index (χ3n) is 2.51. The first-order valence-electron chi connectivity index (χ1n) is 5.82. The maximum absolute atomic E-state index is 13.3. The Bertz CT molecular complexity index is 435. The highest BCUT2D eigenvalue weighted by Crippen LogP contribution is 2.18. The number of carbonyl (C=O) groups excluding carboxylic acids is 2. The lowest BCUT2D eigenvalue weighted by molar-refractivity contribution is -0.119. The second-order valence-corrected chi connectivity index (χ2v) is 3.96. The molecule has 0 saturated carbocycles. The largest absolute Gasteiger partial charge is 0.362 e. The van der Waals surface area contributed by atoms with E-state index in [1.165, 1.54) is 12.1 Å². The van der Waals surface area contributed by atoms with Crippen LogP contribution in [-0.4, -0.2) is 32.3 Å². The molecule has 1 amide bonds. The molecule has 0 radical (unpaired) electrons. The highest BCUT2D eigenvalue weighted by molar-refractivity contribution is 5.82. The molecular formula is C13H17FN2O2. The van der Waals surface area contributed by atoms with E-state index in [0.717, 1.165) is 6.42 Å². The number of carbonyl (C=O) groups is 2. The van der Waals surface area contributed by atoms with Crippen molar-refractivity contribution in [2.24, 2.45) is 0 Å². The van der Waals surface area contributed by atoms with E-state index in [-0.39, 0.29) is 18.0 Å². The van der Waals surface area contributed by atoms with E-state index < -0.39 is 5.82 Å². The second kappa shape index (κ2) is 6.74. The Hall–Kier alpha value is -1.91. The number of hydrogen-bond acceptors (Lipinski definition) is 3. The fraction of sp³-hybridized carbons (Fsp3) is 0.385. The molecule has 0 atom stereocenters. The molecule has 98 valence electrons. The number of halogens is 1.